The van der Waals surface area contributed by atoms with Crippen LogP contribution in [0.4, 0.5) is 8.78 Å². The maximum atomic E-state index is 11.7. The van der Waals surface area contributed by atoms with E-state index >= 15 is 0 Å². The minimum Gasteiger partial charge on any atom is -0.409 e. The number of oxime groups is 1. The highest BCUT2D eigenvalue weighted by molar-refractivity contribution is 5.85. The minimum absolute atomic E-state index is 0.237. The highest BCUT2D eigenvalue weighted by atomic mass is 19.3. The smallest absolute Gasteiger partial charge is 0.261 e. The van der Waals surface area contributed by atoms with Gasteiger partial charge < -0.3 is 21.0 Å². The molecular formula is C12H25F2N3O2. The molecule has 0 aliphatic carbocycles. The maximum absolute atomic E-state index is 11.7. The van der Waals surface area contributed by atoms with Gasteiger partial charge in [-0.2, -0.15) is 0 Å². The van der Waals surface area contributed by atoms with Crippen molar-refractivity contribution >= 4 is 5.84 Å². The molecule has 0 atom stereocenters. The lowest BCUT2D eigenvalue weighted by molar-refractivity contribution is 0.0188. The van der Waals surface area contributed by atoms with E-state index in [1.807, 2.05) is 13.8 Å². The topological polar surface area (TPSA) is 79.9 Å². The molecular weight excluding hydrogens is 256 g/mol. The van der Waals surface area contributed by atoms with E-state index in [4.69, 9.17) is 15.7 Å². The fourth-order valence-corrected chi connectivity index (χ4v) is 1.52. The molecule has 0 aromatic carbocycles. The second kappa shape index (κ2) is 9.91. The van der Waals surface area contributed by atoms with Crippen LogP contribution in [0.5, 0.6) is 0 Å². The average molecular weight is 281 g/mol. The van der Waals surface area contributed by atoms with Gasteiger partial charge in [-0.1, -0.05) is 25.4 Å². The van der Waals surface area contributed by atoms with Crippen LogP contribution in [0.3, 0.4) is 0 Å². The number of rotatable bonds is 11. The SMILES string of the molecule is CC(C)(CCCCNCCOCC(F)F)C(N)=NO. The zero-order valence-corrected chi connectivity index (χ0v) is 11.7. The number of unbranched alkanes of at least 4 members (excludes halogenated alkanes) is 1. The van der Waals surface area contributed by atoms with Crippen LogP contribution >= 0.6 is 0 Å². The summed E-state index contributed by atoms with van der Waals surface area (Å²) < 4.78 is 28.2. The summed E-state index contributed by atoms with van der Waals surface area (Å²) in [6.45, 7) is 5.00. The molecule has 0 bridgehead atoms. The average Bonchev–Trinajstić information content (AvgIpc) is 2.35. The van der Waals surface area contributed by atoms with E-state index < -0.39 is 13.0 Å². The number of nitrogens with zero attached hydrogens (tertiary/aromatic N) is 1. The molecule has 5 nitrogen and oxygen atoms in total. The zero-order chi connectivity index (χ0) is 14.7. The Labute approximate surface area is 113 Å². The van der Waals surface area contributed by atoms with Gasteiger partial charge in [0, 0.05) is 12.0 Å². The lowest BCUT2D eigenvalue weighted by Gasteiger charge is -2.22. The summed E-state index contributed by atoms with van der Waals surface area (Å²) >= 11 is 0. The lowest BCUT2D eigenvalue weighted by atomic mass is 9.86. The molecule has 0 spiro atoms. The number of amidine groups is 1. The van der Waals surface area contributed by atoms with E-state index in [1.165, 1.54) is 0 Å². The van der Waals surface area contributed by atoms with E-state index in [0.29, 0.717) is 13.2 Å². The van der Waals surface area contributed by atoms with E-state index in [0.717, 1.165) is 25.8 Å². The van der Waals surface area contributed by atoms with E-state index in [2.05, 4.69) is 10.5 Å². The molecule has 114 valence electrons. The van der Waals surface area contributed by atoms with Gasteiger partial charge in [-0.25, -0.2) is 8.78 Å². The van der Waals surface area contributed by atoms with Gasteiger partial charge in [-0.05, 0) is 19.4 Å². The van der Waals surface area contributed by atoms with Gasteiger partial charge >= 0.3 is 0 Å². The quantitative estimate of drug-likeness (QED) is 0.177. The number of nitrogens with two attached hydrogens (primary N) is 1. The summed E-state index contributed by atoms with van der Waals surface area (Å²) in [5.41, 5.74) is 5.27. The van der Waals surface area contributed by atoms with Crippen molar-refractivity contribution in [2.24, 2.45) is 16.3 Å². The van der Waals surface area contributed by atoms with Crippen LogP contribution in [0, 0.1) is 5.41 Å². The van der Waals surface area contributed by atoms with Crippen molar-refractivity contribution in [2.45, 2.75) is 39.5 Å². The molecule has 0 saturated carbocycles. The van der Waals surface area contributed by atoms with E-state index in [1.54, 1.807) is 0 Å². The Balaban J connectivity index is 3.41. The highest BCUT2D eigenvalue weighted by Gasteiger charge is 2.22. The number of hydrogen-bond acceptors (Lipinski definition) is 4. The number of ether oxygens (including phenoxy) is 1. The molecule has 0 aliphatic heterocycles. The molecule has 4 N–H and O–H groups in total. The lowest BCUT2D eigenvalue weighted by Crippen LogP contribution is -2.32. The molecule has 0 fully saturated rings. The molecule has 19 heavy (non-hydrogen) atoms. The third kappa shape index (κ3) is 9.61. The van der Waals surface area contributed by atoms with Crippen molar-refractivity contribution in [1.29, 1.82) is 0 Å². The van der Waals surface area contributed by atoms with Gasteiger partial charge in [0.05, 0.1) is 6.61 Å². The fraction of sp³-hybridized carbons (Fsp3) is 0.917. The van der Waals surface area contributed by atoms with Crippen LogP contribution in [-0.4, -0.2) is 43.8 Å². The van der Waals surface area contributed by atoms with Crippen molar-refractivity contribution in [1.82, 2.24) is 5.32 Å². The normalized spacial score (nSPS) is 13.2. The van der Waals surface area contributed by atoms with Gasteiger partial charge in [-0.3, -0.25) is 0 Å². The molecule has 0 aliphatic rings. The van der Waals surface area contributed by atoms with Crippen LogP contribution in [0.1, 0.15) is 33.1 Å². The Hall–Kier alpha value is -0.950. The molecule has 0 aromatic heterocycles. The highest BCUT2D eigenvalue weighted by Crippen LogP contribution is 2.22. The minimum atomic E-state index is -2.40. The standard InChI is InChI=1S/C12H25F2N3O2/c1-12(2,11(15)17-18)5-3-4-6-16-7-8-19-9-10(13)14/h10,16,18H,3-9H2,1-2H3,(H2,15,17). The second-order valence-corrected chi connectivity index (χ2v) is 5.04. The van der Waals surface area contributed by atoms with Crippen LogP contribution in [0.2, 0.25) is 0 Å². The number of nitrogens with one attached hydrogen (secondary N) is 1. The first kappa shape index (κ1) is 18.0. The Morgan fingerprint density at radius 1 is 1.37 bits per heavy atom. The summed E-state index contributed by atoms with van der Waals surface area (Å²) in [6.07, 6.45) is 0.304. The molecule has 7 heteroatoms. The maximum Gasteiger partial charge on any atom is 0.261 e. The number of alkyl halides is 2. The summed E-state index contributed by atoms with van der Waals surface area (Å²) in [4.78, 5) is 0. The Morgan fingerprint density at radius 3 is 2.63 bits per heavy atom. The molecule has 0 aromatic rings. The van der Waals surface area contributed by atoms with Crippen molar-refractivity contribution < 1.29 is 18.7 Å². The van der Waals surface area contributed by atoms with Crippen LogP contribution in [0.15, 0.2) is 5.16 Å². The molecule has 0 saturated heterocycles. The number of hydrogen-bond donors (Lipinski definition) is 3. The van der Waals surface area contributed by atoms with Gasteiger partial charge in [-0.15, -0.1) is 0 Å². The Morgan fingerprint density at radius 2 is 2.05 bits per heavy atom. The first-order valence-electron chi connectivity index (χ1n) is 6.44. The Kier molecular flexibility index (Phi) is 9.42. The Bertz CT molecular complexity index is 261. The molecule has 0 heterocycles. The monoisotopic (exact) mass is 281 g/mol. The van der Waals surface area contributed by atoms with Crippen molar-refractivity contribution in [3.8, 4) is 0 Å². The number of halogens is 2. The predicted molar refractivity (Wildman–Crippen MR) is 70.7 cm³/mol. The van der Waals surface area contributed by atoms with Crippen LogP contribution in [-0.2, 0) is 4.74 Å². The summed E-state index contributed by atoms with van der Waals surface area (Å²) in [5, 5.41) is 14.7. The van der Waals surface area contributed by atoms with Crippen LogP contribution in [0.25, 0.3) is 0 Å². The molecule has 0 amide bonds. The summed E-state index contributed by atoms with van der Waals surface area (Å²) in [7, 11) is 0. The second-order valence-electron chi connectivity index (χ2n) is 5.04. The van der Waals surface area contributed by atoms with E-state index in [-0.39, 0.29) is 11.3 Å². The van der Waals surface area contributed by atoms with Crippen LogP contribution < -0.4 is 11.1 Å². The van der Waals surface area contributed by atoms with Gasteiger partial charge in [0.15, 0.2) is 0 Å². The third-order valence-electron chi connectivity index (χ3n) is 2.87. The summed E-state index contributed by atoms with van der Waals surface area (Å²) in [5.74, 6) is 0.237. The summed E-state index contributed by atoms with van der Waals surface area (Å²) in [6, 6.07) is 0. The van der Waals surface area contributed by atoms with Gasteiger partial charge in [0.2, 0.25) is 0 Å². The fourth-order valence-electron chi connectivity index (χ4n) is 1.52. The van der Waals surface area contributed by atoms with Gasteiger partial charge in [0.1, 0.15) is 12.4 Å². The van der Waals surface area contributed by atoms with Crippen molar-refractivity contribution in [3.63, 3.8) is 0 Å². The largest absolute Gasteiger partial charge is 0.409 e. The van der Waals surface area contributed by atoms with Gasteiger partial charge in [0.25, 0.3) is 6.43 Å². The molecule has 0 unspecified atom stereocenters. The first-order valence-corrected chi connectivity index (χ1v) is 6.44. The molecule has 0 radical (unpaired) electrons. The zero-order valence-electron chi connectivity index (χ0n) is 11.7. The molecule has 0 rings (SSSR count). The van der Waals surface area contributed by atoms with E-state index in [9.17, 15) is 8.78 Å². The predicted octanol–water partition coefficient (Wildman–Crippen LogP) is 1.80. The van der Waals surface area contributed by atoms with Crippen molar-refractivity contribution in [3.05, 3.63) is 0 Å². The third-order valence-corrected chi connectivity index (χ3v) is 2.87. The van der Waals surface area contributed by atoms with Crippen molar-refractivity contribution in [2.75, 3.05) is 26.3 Å². The first-order chi connectivity index (χ1) is 8.90.